The molecule has 5 nitrogen and oxygen atoms in total. The third-order valence-corrected chi connectivity index (χ3v) is 3.22. The quantitative estimate of drug-likeness (QED) is 0.607. The molecule has 0 aromatic carbocycles. The standard InChI is InChI=1S/C11H11N5S/c1-16-10(9-4-2-6-13-8-9)14-15-11(16)17-7-3-5-12/h2,4,6,8H,3,7H2,1H3. The molecule has 0 spiro atoms. The summed E-state index contributed by atoms with van der Waals surface area (Å²) in [5, 5.41) is 17.5. The molecule has 0 radical (unpaired) electrons. The Kier molecular flexibility index (Phi) is 3.73. The maximum atomic E-state index is 8.48. The highest BCUT2D eigenvalue weighted by Crippen LogP contribution is 2.21. The summed E-state index contributed by atoms with van der Waals surface area (Å²) in [5.74, 6) is 1.52. The van der Waals surface area contributed by atoms with E-state index in [1.165, 1.54) is 11.8 Å². The summed E-state index contributed by atoms with van der Waals surface area (Å²) < 4.78 is 1.92. The van der Waals surface area contributed by atoms with Crippen molar-refractivity contribution in [1.29, 1.82) is 5.26 Å². The van der Waals surface area contributed by atoms with E-state index in [0.717, 1.165) is 22.3 Å². The molecule has 17 heavy (non-hydrogen) atoms. The van der Waals surface area contributed by atoms with Crippen LogP contribution in [0.15, 0.2) is 29.7 Å². The average Bonchev–Trinajstić information content (AvgIpc) is 2.73. The second-order valence-electron chi connectivity index (χ2n) is 3.36. The van der Waals surface area contributed by atoms with E-state index in [1.807, 2.05) is 23.7 Å². The van der Waals surface area contributed by atoms with Crippen LogP contribution < -0.4 is 0 Å². The van der Waals surface area contributed by atoms with Crippen LogP contribution in [0.3, 0.4) is 0 Å². The highest BCUT2D eigenvalue weighted by molar-refractivity contribution is 7.99. The largest absolute Gasteiger partial charge is 0.305 e. The van der Waals surface area contributed by atoms with E-state index in [-0.39, 0.29) is 0 Å². The van der Waals surface area contributed by atoms with Gasteiger partial charge in [0.15, 0.2) is 11.0 Å². The lowest BCUT2D eigenvalue weighted by Gasteiger charge is -2.02. The SMILES string of the molecule is Cn1c(SCCC#N)nnc1-c1cccnc1. The van der Waals surface area contributed by atoms with E-state index < -0.39 is 0 Å². The van der Waals surface area contributed by atoms with Crippen molar-refractivity contribution in [3.05, 3.63) is 24.5 Å². The molecule has 0 aliphatic rings. The lowest BCUT2D eigenvalue weighted by Crippen LogP contribution is -1.95. The van der Waals surface area contributed by atoms with Gasteiger partial charge in [-0.3, -0.25) is 4.98 Å². The van der Waals surface area contributed by atoms with E-state index in [0.29, 0.717) is 6.42 Å². The van der Waals surface area contributed by atoms with Crippen molar-refractivity contribution in [2.45, 2.75) is 11.6 Å². The number of pyridine rings is 1. The zero-order valence-electron chi connectivity index (χ0n) is 9.37. The molecule has 0 atom stereocenters. The number of thioether (sulfide) groups is 1. The molecular weight excluding hydrogens is 234 g/mol. The minimum Gasteiger partial charge on any atom is -0.305 e. The van der Waals surface area contributed by atoms with Gasteiger partial charge >= 0.3 is 0 Å². The average molecular weight is 245 g/mol. The summed E-state index contributed by atoms with van der Waals surface area (Å²) in [6.45, 7) is 0. The van der Waals surface area contributed by atoms with Gasteiger partial charge in [0, 0.05) is 37.2 Å². The Morgan fingerprint density at radius 2 is 2.35 bits per heavy atom. The number of hydrogen-bond donors (Lipinski definition) is 0. The van der Waals surface area contributed by atoms with Gasteiger partial charge in [0.1, 0.15) is 0 Å². The number of rotatable bonds is 4. The monoisotopic (exact) mass is 245 g/mol. The van der Waals surface area contributed by atoms with Crippen LogP contribution in [-0.2, 0) is 7.05 Å². The summed E-state index contributed by atoms with van der Waals surface area (Å²) in [7, 11) is 1.91. The van der Waals surface area contributed by atoms with E-state index in [9.17, 15) is 0 Å². The molecule has 2 heterocycles. The van der Waals surface area contributed by atoms with E-state index in [2.05, 4.69) is 21.3 Å². The molecule has 0 fully saturated rings. The fourth-order valence-electron chi connectivity index (χ4n) is 1.37. The minimum atomic E-state index is 0.514. The second kappa shape index (κ2) is 5.46. The van der Waals surface area contributed by atoms with E-state index >= 15 is 0 Å². The third kappa shape index (κ3) is 2.63. The molecule has 6 heteroatoms. The molecule has 0 saturated carbocycles. The number of aromatic nitrogens is 4. The fraction of sp³-hybridized carbons (Fsp3) is 0.273. The van der Waals surface area contributed by atoms with Gasteiger partial charge in [-0.15, -0.1) is 10.2 Å². The number of nitriles is 1. The molecule has 2 aromatic rings. The van der Waals surface area contributed by atoms with Crippen LogP contribution in [0.2, 0.25) is 0 Å². The molecule has 2 aromatic heterocycles. The Bertz CT molecular complexity index is 529. The van der Waals surface area contributed by atoms with Crippen LogP contribution >= 0.6 is 11.8 Å². The first-order valence-electron chi connectivity index (χ1n) is 5.12. The Morgan fingerprint density at radius 3 is 3.06 bits per heavy atom. The second-order valence-corrected chi connectivity index (χ2v) is 4.43. The first kappa shape index (κ1) is 11.6. The maximum absolute atomic E-state index is 8.48. The zero-order chi connectivity index (χ0) is 12.1. The molecule has 0 unspecified atom stereocenters. The summed E-state index contributed by atoms with van der Waals surface area (Å²) in [6.07, 6.45) is 4.00. The highest BCUT2D eigenvalue weighted by Gasteiger charge is 2.10. The molecule has 0 N–H and O–H groups in total. The van der Waals surface area contributed by atoms with E-state index in [4.69, 9.17) is 5.26 Å². The minimum absolute atomic E-state index is 0.514. The van der Waals surface area contributed by atoms with Gasteiger partial charge in [0.2, 0.25) is 0 Å². The first-order chi connectivity index (χ1) is 8.33. The van der Waals surface area contributed by atoms with Crippen molar-refractivity contribution in [1.82, 2.24) is 19.7 Å². The molecule has 0 aliphatic heterocycles. The summed E-state index contributed by atoms with van der Waals surface area (Å²) in [5.41, 5.74) is 0.939. The summed E-state index contributed by atoms with van der Waals surface area (Å²) in [6, 6.07) is 5.92. The molecule has 2 rings (SSSR count). The number of hydrogen-bond acceptors (Lipinski definition) is 5. The predicted molar refractivity (Wildman–Crippen MR) is 65.2 cm³/mol. The normalized spacial score (nSPS) is 10.1. The topological polar surface area (TPSA) is 67.4 Å². The van der Waals surface area contributed by atoms with Crippen LogP contribution in [0, 0.1) is 11.3 Å². The van der Waals surface area contributed by atoms with Gasteiger partial charge in [-0.25, -0.2) is 0 Å². The van der Waals surface area contributed by atoms with Crippen molar-refractivity contribution in [2.24, 2.45) is 7.05 Å². The first-order valence-corrected chi connectivity index (χ1v) is 6.11. The predicted octanol–water partition coefficient (Wildman–Crippen LogP) is 1.88. The molecule has 0 amide bonds. The van der Waals surface area contributed by atoms with Gasteiger partial charge in [0.25, 0.3) is 0 Å². The van der Waals surface area contributed by atoms with Crippen LogP contribution in [0.25, 0.3) is 11.4 Å². The van der Waals surface area contributed by atoms with Crippen molar-refractivity contribution < 1.29 is 0 Å². The molecule has 0 bridgehead atoms. The van der Waals surface area contributed by atoms with E-state index in [1.54, 1.807) is 12.4 Å². The van der Waals surface area contributed by atoms with Crippen LogP contribution in [0.4, 0.5) is 0 Å². The van der Waals surface area contributed by atoms with Gasteiger partial charge in [-0.1, -0.05) is 11.8 Å². The molecule has 0 aliphatic carbocycles. The fourth-order valence-corrected chi connectivity index (χ4v) is 2.13. The van der Waals surface area contributed by atoms with Crippen molar-refractivity contribution in [2.75, 3.05) is 5.75 Å². The molecule has 0 saturated heterocycles. The Hall–Kier alpha value is -1.87. The van der Waals surface area contributed by atoms with Gasteiger partial charge in [0.05, 0.1) is 6.07 Å². The summed E-state index contributed by atoms with van der Waals surface area (Å²) in [4.78, 5) is 4.06. The third-order valence-electron chi connectivity index (χ3n) is 2.20. The van der Waals surface area contributed by atoms with Crippen molar-refractivity contribution >= 4 is 11.8 Å². The van der Waals surface area contributed by atoms with Crippen LogP contribution in [0.1, 0.15) is 6.42 Å². The van der Waals surface area contributed by atoms with Gasteiger partial charge in [-0.2, -0.15) is 5.26 Å². The number of nitrogens with zero attached hydrogens (tertiary/aromatic N) is 5. The summed E-state index contributed by atoms with van der Waals surface area (Å²) >= 11 is 1.53. The van der Waals surface area contributed by atoms with Crippen molar-refractivity contribution in [3.8, 4) is 17.5 Å². The van der Waals surface area contributed by atoms with Crippen molar-refractivity contribution in [3.63, 3.8) is 0 Å². The lowest BCUT2D eigenvalue weighted by atomic mass is 10.3. The lowest BCUT2D eigenvalue weighted by molar-refractivity contribution is 0.793. The Morgan fingerprint density at radius 1 is 1.47 bits per heavy atom. The Balaban J connectivity index is 2.19. The van der Waals surface area contributed by atoms with Crippen LogP contribution in [-0.4, -0.2) is 25.5 Å². The Labute approximate surface area is 104 Å². The van der Waals surface area contributed by atoms with Crippen LogP contribution in [0.5, 0.6) is 0 Å². The smallest absolute Gasteiger partial charge is 0.191 e. The zero-order valence-corrected chi connectivity index (χ0v) is 10.2. The van der Waals surface area contributed by atoms with Gasteiger partial charge in [-0.05, 0) is 12.1 Å². The molecular formula is C11H11N5S. The molecule has 86 valence electrons. The highest BCUT2D eigenvalue weighted by atomic mass is 32.2. The maximum Gasteiger partial charge on any atom is 0.191 e. The van der Waals surface area contributed by atoms with Gasteiger partial charge < -0.3 is 4.57 Å².